The molecule has 4 aromatic carbocycles. The number of carbonyl (C=O) groups is 3. The van der Waals surface area contributed by atoms with Crippen LogP contribution < -0.4 is 24.4 Å². The van der Waals surface area contributed by atoms with Gasteiger partial charge in [-0.3, -0.25) is 14.9 Å². The number of hydrogen-bond acceptors (Lipinski definition) is 6. The van der Waals surface area contributed by atoms with Crippen molar-refractivity contribution in [1.82, 2.24) is 5.32 Å². The second-order valence-corrected chi connectivity index (χ2v) is 10.1. The minimum absolute atomic E-state index is 0.102. The summed E-state index contributed by atoms with van der Waals surface area (Å²) in [7, 11) is 1.42. The quantitative estimate of drug-likeness (QED) is 0.171. The van der Waals surface area contributed by atoms with Crippen LogP contribution in [-0.4, -0.2) is 25.0 Å². The summed E-state index contributed by atoms with van der Waals surface area (Å²) < 4.78 is 30.3. The number of carbonyl (C=O) groups excluding carboxylic acids is 3. The molecule has 0 aliphatic carbocycles. The van der Waals surface area contributed by atoms with E-state index in [0.717, 1.165) is 16.0 Å². The number of aryl methyl sites for hydroxylation is 1. The average Bonchev–Trinajstić information content (AvgIpc) is 2.99. The molecular weight excluding hydrogens is 575 g/mol. The van der Waals surface area contributed by atoms with Gasteiger partial charge in [0.05, 0.1) is 17.8 Å². The molecule has 0 saturated carbocycles. The Morgan fingerprint density at radius 2 is 1.49 bits per heavy atom. The highest BCUT2D eigenvalue weighted by atomic mass is 35.5. The van der Waals surface area contributed by atoms with E-state index >= 15 is 0 Å². The lowest BCUT2D eigenvalue weighted by Gasteiger charge is -2.26. The summed E-state index contributed by atoms with van der Waals surface area (Å²) >= 11 is 6.47. The number of nitrogens with one attached hydrogen (secondary N) is 1. The molecule has 4 aromatic rings. The molecule has 0 atom stereocenters. The Morgan fingerprint density at radius 3 is 2.14 bits per heavy atom. The highest BCUT2D eigenvalue weighted by molar-refractivity contribution is 6.39. The van der Waals surface area contributed by atoms with Crippen molar-refractivity contribution in [3.05, 3.63) is 124 Å². The van der Waals surface area contributed by atoms with E-state index in [-0.39, 0.29) is 40.2 Å². The number of amides is 4. The number of barbiturate groups is 1. The van der Waals surface area contributed by atoms with Crippen LogP contribution in [0.1, 0.15) is 22.3 Å². The third kappa shape index (κ3) is 6.85. The Balaban J connectivity index is 1.33. The SMILES string of the molecule is COc1cc(/C=C2\C(=O)NC(=O)N(c3ccc(OCc4ccc(C)cc4)cc3)C2=O)cc(Cl)c1OCc1ccc(F)cc1. The van der Waals surface area contributed by atoms with Gasteiger partial charge in [-0.1, -0.05) is 53.6 Å². The minimum Gasteiger partial charge on any atom is -0.493 e. The molecule has 10 heteroatoms. The van der Waals surface area contributed by atoms with Crippen molar-refractivity contribution in [3.63, 3.8) is 0 Å². The molecule has 0 unspecified atom stereocenters. The van der Waals surface area contributed by atoms with Crippen LogP contribution in [-0.2, 0) is 22.8 Å². The Hall–Kier alpha value is -5.15. The minimum atomic E-state index is -0.874. The van der Waals surface area contributed by atoms with Crippen LogP contribution in [0, 0.1) is 12.7 Å². The van der Waals surface area contributed by atoms with Crippen molar-refractivity contribution >= 4 is 41.2 Å². The lowest BCUT2D eigenvalue weighted by atomic mass is 10.1. The third-order valence-electron chi connectivity index (χ3n) is 6.58. The lowest BCUT2D eigenvalue weighted by molar-refractivity contribution is -0.122. The molecular formula is C33H26ClFN2O6. The molecule has 0 bridgehead atoms. The molecule has 1 aliphatic heterocycles. The molecule has 1 aliphatic rings. The predicted molar refractivity (Wildman–Crippen MR) is 160 cm³/mol. The van der Waals surface area contributed by atoms with Crippen LogP contribution in [0.2, 0.25) is 5.02 Å². The van der Waals surface area contributed by atoms with Crippen molar-refractivity contribution in [2.24, 2.45) is 0 Å². The second kappa shape index (κ2) is 12.8. The topological polar surface area (TPSA) is 94.2 Å². The van der Waals surface area contributed by atoms with Gasteiger partial charge in [-0.2, -0.15) is 0 Å². The van der Waals surface area contributed by atoms with Gasteiger partial charge in [0.1, 0.15) is 30.4 Å². The van der Waals surface area contributed by atoms with Crippen molar-refractivity contribution in [2.75, 3.05) is 12.0 Å². The first kappa shape index (κ1) is 29.3. The van der Waals surface area contributed by atoms with E-state index in [2.05, 4.69) is 5.32 Å². The largest absolute Gasteiger partial charge is 0.493 e. The number of imide groups is 2. The molecule has 1 heterocycles. The first-order valence-corrected chi connectivity index (χ1v) is 13.5. The molecule has 43 heavy (non-hydrogen) atoms. The first-order valence-electron chi connectivity index (χ1n) is 13.2. The zero-order chi connectivity index (χ0) is 30.5. The summed E-state index contributed by atoms with van der Waals surface area (Å²) in [6, 6.07) is 22.3. The Morgan fingerprint density at radius 1 is 0.860 bits per heavy atom. The summed E-state index contributed by atoms with van der Waals surface area (Å²) in [5.41, 5.74) is 3.20. The number of hydrogen-bond donors (Lipinski definition) is 1. The number of anilines is 1. The fourth-order valence-corrected chi connectivity index (χ4v) is 4.57. The van der Waals surface area contributed by atoms with Gasteiger partial charge in [-0.25, -0.2) is 14.1 Å². The Kier molecular flexibility index (Phi) is 8.73. The van der Waals surface area contributed by atoms with Crippen LogP contribution >= 0.6 is 11.6 Å². The standard InChI is InChI=1S/C33H26ClFN2O6/c1-20-3-5-21(6-4-20)18-42-26-13-11-25(12-14-26)37-32(39)27(31(38)36-33(37)40)15-23-16-28(34)30(29(17-23)41-2)43-19-22-7-9-24(35)10-8-22/h3-17H,18-19H2,1-2H3,(H,36,38,40)/b27-15+. The molecule has 8 nitrogen and oxygen atoms in total. The van der Waals surface area contributed by atoms with E-state index in [9.17, 15) is 18.8 Å². The Labute approximate surface area is 252 Å². The van der Waals surface area contributed by atoms with Crippen molar-refractivity contribution < 1.29 is 33.0 Å². The van der Waals surface area contributed by atoms with E-state index in [1.54, 1.807) is 42.5 Å². The Bertz CT molecular complexity index is 1700. The molecule has 0 radical (unpaired) electrons. The van der Waals surface area contributed by atoms with E-state index in [1.807, 2.05) is 31.2 Å². The van der Waals surface area contributed by atoms with Gasteiger partial charge in [-0.15, -0.1) is 0 Å². The van der Waals surface area contributed by atoms with Crippen LogP contribution in [0.4, 0.5) is 14.9 Å². The van der Waals surface area contributed by atoms with Crippen LogP contribution in [0.15, 0.2) is 90.5 Å². The number of urea groups is 1. The van der Waals surface area contributed by atoms with Crippen molar-refractivity contribution in [1.29, 1.82) is 0 Å². The molecule has 5 rings (SSSR count). The summed E-state index contributed by atoms with van der Waals surface area (Å²) in [6.07, 6.45) is 1.31. The van der Waals surface area contributed by atoms with Crippen molar-refractivity contribution in [3.8, 4) is 17.2 Å². The molecule has 1 fully saturated rings. The zero-order valence-corrected chi connectivity index (χ0v) is 24.0. The fourth-order valence-electron chi connectivity index (χ4n) is 4.30. The van der Waals surface area contributed by atoms with E-state index in [1.165, 1.54) is 31.4 Å². The maximum absolute atomic E-state index is 13.4. The summed E-state index contributed by atoms with van der Waals surface area (Å²) in [5, 5.41) is 2.36. The molecule has 1 N–H and O–H groups in total. The number of benzene rings is 4. The van der Waals surface area contributed by atoms with Gasteiger partial charge in [-0.05, 0) is 78.2 Å². The highest BCUT2D eigenvalue weighted by Crippen LogP contribution is 2.38. The maximum Gasteiger partial charge on any atom is 0.335 e. The summed E-state index contributed by atoms with van der Waals surface area (Å²) in [6.45, 7) is 2.46. The fraction of sp³-hybridized carbons (Fsp3) is 0.121. The maximum atomic E-state index is 13.4. The number of methoxy groups -OCH3 is 1. The third-order valence-corrected chi connectivity index (χ3v) is 6.86. The number of halogens is 2. The van der Waals surface area contributed by atoms with Crippen molar-refractivity contribution in [2.45, 2.75) is 20.1 Å². The van der Waals surface area contributed by atoms with Crippen LogP contribution in [0.25, 0.3) is 6.08 Å². The molecule has 4 amide bonds. The van der Waals surface area contributed by atoms with Gasteiger partial charge in [0, 0.05) is 0 Å². The van der Waals surface area contributed by atoms with Crippen LogP contribution in [0.5, 0.6) is 17.2 Å². The number of rotatable bonds is 9. The molecule has 0 aromatic heterocycles. The van der Waals surface area contributed by atoms with E-state index in [4.69, 9.17) is 25.8 Å². The molecule has 218 valence electrons. The van der Waals surface area contributed by atoms with E-state index < -0.39 is 17.8 Å². The number of ether oxygens (including phenoxy) is 3. The monoisotopic (exact) mass is 600 g/mol. The smallest absolute Gasteiger partial charge is 0.335 e. The molecule has 0 spiro atoms. The van der Waals surface area contributed by atoms with Crippen LogP contribution in [0.3, 0.4) is 0 Å². The summed E-state index contributed by atoms with van der Waals surface area (Å²) in [4.78, 5) is 39.6. The van der Waals surface area contributed by atoms with Gasteiger partial charge in [0.25, 0.3) is 11.8 Å². The molecule has 1 saturated heterocycles. The highest BCUT2D eigenvalue weighted by Gasteiger charge is 2.37. The summed E-state index contributed by atoms with van der Waals surface area (Å²) in [5.74, 6) is -0.997. The van der Waals surface area contributed by atoms with Gasteiger partial charge in [0.15, 0.2) is 11.5 Å². The van der Waals surface area contributed by atoms with E-state index in [0.29, 0.717) is 23.5 Å². The lowest BCUT2D eigenvalue weighted by Crippen LogP contribution is -2.54. The van der Waals surface area contributed by atoms with Gasteiger partial charge in [0.2, 0.25) is 0 Å². The predicted octanol–water partition coefficient (Wildman–Crippen LogP) is 6.62. The normalized spacial score (nSPS) is 14.1. The number of nitrogens with zero attached hydrogens (tertiary/aromatic N) is 1. The average molecular weight is 601 g/mol. The second-order valence-electron chi connectivity index (χ2n) is 9.68. The zero-order valence-electron chi connectivity index (χ0n) is 23.2. The van der Waals surface area contributed by atoms with Gasteiger partial charge < -0.3 is 14.2 Å². The van der Waals surface area contributed by atoms with Gasteiger partial charge >= 0.3 is 6.03 Å². The first-order chi connectivity index (χ1) is 20.7.